The minimum absolute atomic E-state index is 0.171. The van der Waals surface area contributed by atoms with Crippen LogP contribution in [0.1, 0.15) is 24.4 Å². The number of hydrogen-bond acceptors (Lipinski definition) is 2. The fourth-order valence-corrected chi connectivity index (χ4v) is 3.52. The van der Waals surface area contributed by atoms with Gasteiger partial charge in [-0.1, -0.05) is 17.7 Å². The van der Waals surface area contributed by atoms with E-state index in [1.165, 1.54) is 5.56 Å². The number of aromatic nitrogens is 2. The van der Waals surface area contributed by atoms with Crippen LogP contribution in [0.15, 0.2) is 35.0 Å². The molecule has 0 radical (unpaired) electrons. The van der Waals surface area contributed by atoms with E-state index in [-0.39, 0.29) is 6.04 Å². The zero-order valence-corrected chi connectivity index (χ0v) is 12.6. The average molecular weight is 311 g/mol. The second kappa shape index (κ2) is 5.16. The molecule has 0 saturated heterocycles. The van der Waals surface area contributed by atoms with Crippen molar-refractivity contribution in [1.29, 1.82) is 0 Å². The summed E-state index contributed by atoms with van der Waals surface area (Å²) in [5.41, 5.74) is 3.10. The van der Waals surface area contributed by atoms with Gasteiger partial charge in [0, 0.05) is 0 Å². The first-order valence-corrected chi connectivity index (χ1v) is 7.81. The van der Waals surface area contributed by atoms with Crippen molar-refractivity contribution in [1.82, 2.24) is 9.55 Å². The van der Waals surface area contributed by atoms with Crippen LogP contribution in [0.3, 0.4) is 0 Å². The molecule has 19 heavy (non-hydrogen) atoms. The van der Waals surface area contributed by atoms with Crippen molar-refractivity contribution in [2.75, 3.05) is 0 Å². The van der Waals surface area contributed by atoms with Gasteiger partial charge in [0.1, 0.15) is 5.82 Å². The van der Waals surface area contributed by atoms with Gasteiger partial charge in [0.15, 0.2) is 0 Å². The molecule has 5 heteroatoms. The van der Waals surface area contributed by atoms with Crippen LogP contribution in [0.25, 0.3) is 11.0 Å². The van der Waals surface area contributed by atoms with E-state index >= 15 is 0 Å². The minimum atomic E-state index is 0.171. The Kier molecular flexibility index (Phi) is 3.52. The summed E-state index contributed by atoms with van der Waals surface area (Å²) in [5.74, 6) is 1.22. The molecule has 3 rings (SSSR count). The van der Waals surface area contributed by atoms with Crippen LogP contribution in [0.5, 0.6) is 0 Å². The summed E-state index contributed by atoms with van der Waals surface area (Å²) in [4.78, 5) is 4.57. The first-order chi connectivity index (χ1) is 9.22. The molecule has 0 saturated carbocycles. The number of halogens is 2. The maximum atomic E-state index is 6.34. The second-order valence-corrected chi connectivity index (χ2v) is 5.83. The molecule has 0 aliphatic rings. The van der Waals surface area contributed by atoms with Gasteiger partial charge in [-0.15, -0.1) is 11.6 Å². The highest BCUT2D eigenvalue weighted by Crippen LogP contribution is 2.31. The number of thiophene rings is 1. The Morgan fingerprint density at radius 3 is 2.89 bits per heavy atom. The lowest BCUT2D eigenvalue weighted by Crippen LogP contribution is -2.09. The molecule has 2 nitrogen and oxygen atoms in total. The molecular weight excluding hydrogens is 299 g/mol. The molecule has 0 aliphatic heterocycles. The summed E-state index contributed by atoms with van der Waals surface area (Å²) < 4.78 is 2.13. The van der Waals surface area contributed by atoms with Gasteiger partial charge in [-0.3, -0.25) is 0 Å². The number of hydrogen-bond donors (Lipinski definition) is 0. The fraction of sp³-hybridized carbons (Fsp3) is 0.214. The Morgan fingerprint density at radius 2 is 2.21 bits per heavy atom. The van der Waals surface area contributed by atoms with E-state index in [2.05, 4.69) is 33.3 Å². The van der Waals surface area contributed by atoms with E-state index in [9.17, 15) is 0 Å². The lowest BCUT2D eigenvalue weighted by Gasteiger charge is -2.16. The van der Waals surface area contributed by atoms with E-state index in [4.69, 9.17) is 23.2 Å². The monoisotopic (exact) mass is 310 g/mol. The molecule has 98 valence electrons. The van der Waals surface area contributed by atoms with Crippen LogP contribution < -0.4 is 0 Å². The van der Waals surface area contributed by atoms with Crippen molar-refractivity contribution in [2.45, 2.75) is 18.8 Å². The van der Waals surface area contributed by atoms with Gasteiger partial charge in [0.2, 0.25) is 0 Å². The highest BCUT2D eigenvalue weighted by Gasteiger charge is 2.18. The first kappa shape index (κ1) is 13.0. The first-order valence-electron chi connectivity index (χ1n) is 5.95. The number of alkyl halides is 1. The van der Waals surface area contributed by atoms with Crippen LogP contribution in [0, 0.1) is 0 Å². The maximum absolute atomic E-state index is 6.34. The molecule has 2 aromatic heterocycles. The van der Waals surface area contributed by atoms with Crippen molar-refractivity contribution >= 4 is 45.6 Å². The molecule has 1 atom stereocenters. The number of para-hydroxylation sites is 1. The van der Waals surface area contributed by atoms with Gasteiger partial charge in [0.05, 0.1) is 28.0 Å². The zero-order valence-electron chi connectivity index (χ0n) is 10.3. The van der Waals surface area contributed by atoms with Crippen molar-refractivity contribution in [2.24, 2.45) is 0 Å². The summed E-state index contributed by atoms with van der Waals surface area (Å²) >= 11 is 14.1. The number of benzene rings is 1. The lowest BCUT2D eigenvalue weighted by atomic mass is 10.1. The molecule has 1 aromatic carbocycles. The summed E-state index contributed by atoms with van der Waals surface area (Å²) in [7, 11) is 0. The predicted octanol–water partition coefficient (Wildman–Crippen LogP) is 5.10. The maximum Gasteiger partial charge on any atom is 0.125 e. The summed E-state index contributed by atoms with van der Waals surface area (Å²) in [6.07, 6.45) is 0. The SMILES string of the molecule is CC(c1ccsc1)n1c(CCl)nc2cccc(Cl)c21. The van der Waals surface area contributed by atoms with E-state index in [1.54, 1.807) is 11.3 Å². The molecule has 0 spiro atoms. The van der Waals surface area contributed by atoms with Crippen LogP contribution >= 0.6 is 34.5 Å². The summed E-state index contributed by atoms with van der Waals surface area (Å²) in [5, 5.41) is 4.93. The smallest absolute Gasteiger partial charge is 0.125 e. The van der Waals surface area contributed by atoms with E-state index in [0.29, 0.717) is 10.9 Å². The van der Waals surface area contributed by atoms with Crippen molar-refractivity contribution in [3.8, 4) is 0 Å². The van der Waals surface area contributed by atoms with Gasteiger partial charge in [-0.2, -0.15) is 11.3 Å². The van der Waals surface area contributed by atoms with E-state index in [0.717, 1.165) is 16.9 Å². The normalized spacial score (nSPS) is 13.0. The third-order valence-electron chi connectivity index (χ3n) is 3.27. The Labute approximate surface area is 125 Å². The largest absolute Gasteiger partial charge is 0.318 e. The molecule has 0 fully saturated rings. The summed E-state index contributed by atoms with van der Waals surface area (Å²) in [6.45, 7) is 2.14. The average Bonchev–Trinajstić information content (AvgIpc) is 3.05. The third kappa shape index (κ3) is 2.16. The molecule has 1 unspecified atom stereocenters. The van der Waals surface area contributed by atoms with Crippen LogP contribution in [-0.4, -0.2) is 9.55 Å². The number of nitrogens with zero attached hydrogens (tertiary/aromatic N) is 2. The number of fused-ring (bicyclic) bond motifs is 1. The zero-order chi connectivity index (χ0) is 13.4. The summed E-state index contributed by atoms with van der Waals surface area (Å²) in [6, 6.07) is 8.06. The molecule has 0 amide bonds. The quantitative estimate of drug-likeness (QED) is 0.615. The molecule has 0 aliphatic carbocycles. The van der Waals surface area contributed by atoms with Crippen molar-refractivity contribution in [3.63, 3.8) is 0 Å². The number of imidazole rings is 1. The fourth-order valence-electron chi connectivity index (χ4n) is 2.33. The molecule has 0 N–H and O–H groups in total. The molecular formula is C14H12Cl2N2S. The topological polar surface area (TPSA) is 17.8 Å². The van der Waals surface area contributed by atoms with E-state index < -0.39 is 0 Å². The Bertz CT molecular complexity index is 704. The van der Waals surface area contributed by atoms with Gasteiger partial charge < -0.3 is 4.57 Å². The Morgan fingerprint density at radius 1 is 1.37 bits per heavy atom. The molecule has 0 bridgehead atoms. The van der Waals surface area contributed by atoms with Crippen LogP contribution in [-0.2, 0) is 5.88 Å². The molecule has 3 aromatic rings. The second-order valence-electron chi connectivity index (χ2n) is 4.37. The highest BCUT2D eigenvalue weighted by atomic mass is 35.5. The minimum Gasteiger partial charge on any atom is -0.318 e. The lowest BCUT2D eigenvalue weighted by molar-refractivity contribution is 0.636. The van der Waals surface area contributed by atoms with Gasteiger partial charge >= 0.3 is 0 Å². The van der Waals surface area contributed by atoms with Crippen molar-refractivity contribution < 1.29 is 0 Å². The van der Waals surface area contributed by atoms with E-state index in [1.807, 2.05) is 18.2 Å². The standard InChI is InChI=1S/C14H12Cl2N2S/c1-9(10-5-6-19-8-10)18-13(7-15)17-12-4-2-3-11(16)14(12)18/h2-6,8-9H,7H2,1H3. The van der Waals surface area contributed by atoms with Crippen LogP contribution in [0.4, 0.5) is 0 Å². The Hall–Kier alpha value is -1.03. The third-order valence-corrected chi connectivity index (χ3v) is 4.51. The highest BCUT2D eigenvalue weighted by molar-refractivity contribution is 7.07. The van der Waals surface area contributed by atoms with Crippen molar-refractivity contribution in [3.05, 3.63) is 51.4 Å². The van der Waals surface area contributed by atoms with Crippen LogP contribution in [0.2, 0.25) is 5.02 Å². The predicted molar refractivity (Wildman–Crippen MR) is 82.4 cm³/mol. The molecule has 2 heterocycles. The Balaban J connectivity index is 2.26. The van der Waals surface area contributed by atoms with Gasteiger partial charge in [-0.05, 0) is 41.4 Å². The van der Waals surface area contributed by atoms with Gasteiger partial charge in [-0.25, -0.2) is 4.98 Å². The van der Waals surface area contributed by atoms with Gasteiger partial charge in [0.25, 0.3) is 0 Å². The number of rotatable bonds is 3.